The molecule has 0 atom stereocenters. The third-order valence-electron chi connectivity index (χ3n) is 6.05. The van der Waals surface area contributed by atoms with Gasteiger partial charge in [0.1, 0.15) is 11.6 Å². The van der Waals surface area contributed by atoms with Gasteiger partial charge in [-0.1, -0.05) is 25.0 Å². The number of nitrogens with zero attached hydrogens (tertiary/aromatic N) is 2. The third-order valence-corrected chi connectivity index (χ3v) is 6.05. The van der Waals surface area contributed by atoms with Gasteiger partial charge in [-0.2, -0.15) is 0 Å². The van der Waals surface area contributed by atoms with Gasteiger partial charge in [0.2, 0.25) is 5.91 Å². The van der Waals surface area contributed by atoms with E-state index in [0.717, 1.165) is 78.3 Å². The maximum Gasteiger partial charge on any atom is 0.227 e. The van der Waals surface area contributed by atoms with E-state index >= 15 is 0 Å². The highest BCUT2D eigenvalue weighted by atomic mass is 16.5. The molecule has 1 saturated carbocycles. The van der Waals surface area contributed by atoms with Crippen LogP contribution in [0.25, 0.3) is 22.4 Å². The van der Waals surface area contributed by atoms with E-state index in [9.17, 15) is 4.79 Å². The Morgan fingerprint density at radius 3 is 2.63 bits per heavy atom. The standard InChI is InChI=1S/C24H30N4O2/c1-4-28(5-2)21-15-19-18(14-20(21)27-24(29)16-10-6-7-11-16)25-23(26-19)17-12-8-9-13-22(17)30-3/h8-9,12-16H,4-7,10-11H2,1-3H3,(H,25,26)(H,27,29). The quantitative estimate of drug-likeness (QED) is 0.565. The summed E-state index contributed by atoms with van der Waals surface area (Å²) in [5, 5.41) is 3.21. The Kier molecular flexibility index (Phi) is 5.93. The van der Waals surface area contributed by atoms with Crippen LogP contribution in [0.3, 0.4) is 0 Å². The first-order chi connectivity index (χ1) is 14.6. The SMILES string of the molecule is CCN(CC)c1cc2[nH]c(-c3ccccc3OC)nc2cc1NC(=O)C1CCCC1. The topological polar surface area (TPSA) is 70.2 Å². The Labute approximate surface area is 177 Å². The lowest BCUT2D eigenvalue weighted by Crippen LogP contribution is -2.26. The molecule has 0 radical (unpaired) electrons. The second kappa shape index (κ2) is 8.78. The lowest BCUT2D eigenvalue weighted by molar-refractivity contribution is -0.119. The van der Waals surface area contributed by atoms with Crippen molar-refractivity contribution >= 4 is 28.3 Å². The van der Waals surface area contributed by atoms with E-state index in [0.29, 0.717) is 0 Å². The molecule has 30 heavy (non-hydrogen) atoms. The average Bonchev–Trinajstić information content (AvgIpc) is 3.44. The number of H-pyrrole nitrogens is 1. The van der Waals surface area contributed by atoms with Gasteiger partial charge in [0.15, 0.2) is 0 Å². The van der Waals surface area contributed by atoms with Crippen LogP contribution in [-0.2, 0) is 4.79 Å². The van der Waals surface area contributed by atoms with Crippen molar-refractivity contribution in [2.45, 2.75) is 39.5 Å². The lowest BCUT2D eigenvalue weighted by Gasteiger charge is -2.25. The van der Waals surface area contributed by atoms with Gasteiger partial charge in [-0.3, -0.25) is 4.79 Å². The minimum Gasteiger partial charge on any atom is -0.496 e. The minimum atomic E-state index is 0.119. The fraction of sp³-hybridized carbons (Fsp3) is 0.417. The number of para-hydroxylation sites is 1. The summed E-state index contributed by atoms with van der Waals surface area (Å²) in [5.74, 6) is 1.77. The summed E-state index contributed by atoms with van der Waals surface area (Å²) < 4.78 is 5.50. The summed E-state index contributed by atoms with van der Waals surface area (Å²) in [6.07, 6.45) is 4.24. The van der Waals surface area contributed by atoms with Gasteiger partial charge in [0.25, 0.3) is 0 Å². The molecule has 1 fully saturated rings. The Morgan fingerprint density at radius 2 is 1.93 bits per heavy atom. The number of amides is 1. The van der Waals surface area contributed by atoms with Crippen LogP contribution in [-0.4, -0.2) is 36.1 Å². The van der Waals surface area contributed by atoms with E-state index < -0.39 is 0 Å². The fourth-order valence-electron chi connectivity index (χ4n) is 4.36. The van der Waals surface area contributed by atoms with E-state index in [1.54, 1.807) is 7.11 Å². The van der Waals surface area contributed by atoms with Crippen molar-refractivity contribution in [3.8, 4) is 17.1 Å². The van der Waals surface area contributed by atoms with Gasteiger partial charge < -0.3 is 19.9 Å². The smallest absolute Gasteiger partial charge is 0.227 e. The maximum absolute atomic E-state index is 12.8. The van der Waals surface area contributed by atoms with Crippen LogP contribution >= 0.6 is 0 Å². The molecule has 1 amide bonds. The Hall–Kier alpha value is -3.02. The molecule has 0 saturated heterocycles. The highest BCUT2D eigenvalue weighted by Gasteiger charge is 2.24. The van der Waals surface area contributed by atoms with Crippen LogP contribution in [0, 0.1) is 5.92 Å². The fourth-order valence-corrected chi connectivity index (χ4v) is 4.36. The molecule has 0 spiro atoms. The number of fused-ring (bicyclic) bond motifs is 1. The van der Waals surface area contributed by atoms with Gasteiger partial charge in [-0.05, 0) is 51.0 Å². The molecule has 1 heterocycles. The number of carbonyl (C=O) groups excluding carboxylic acids is 1. The van der Waals surface area contributed by atoms with Crippen molar-refractivity contribution in [1.29, 1.82) is 0 Å². The number of imidazole rings is 1. The Balaban J connectivity index is 1.76. The zero-order chi connectivity index (χ0) is 21.1. The van der Waals surface area contributed by atoms with Crippen LogP contribution in [0.1, 0.15) is 39.5 Å². The van der Waals surface area contributed by atoms with E-state index in [1.807, 2.05) is 30.3 Å². The average molecular weight is 407 g/mol. The van der Waals surface area contributed by atoms with Gasteiger partial charge in [0, 0.05) is 19.0 Å². The number of aromatic amines is 1. The number of benzene rings is 2. The number of anilines is 2. The molecule has 0 aliphatic heterocycles. The van der Waals surface area contributed by atoms with Gasteiger partial charge in [0.05, 0.1) is 35.1 Å². The summed E-state index contributed by atoms with van der Waals surface area (Å²) in [7, 11) is 1.66. The van der Waals surface area contributed by atoms with Crippen LogP contribution in [0.2, 0.25) is 0 Å². The molecule has 3 aromatic rings. The number of hydrogen-bond donors (Lipinski definition) is 2. The van der Waals surface area contributed by atoms with Crippen molar-refractivity contribution < 1.29 is 9.53 Å². The second-order valence-corrected chi connectivity index (χ2v) is 7.82. The molecule has 1 aliphatic rings. The Morgan fingerprint density at radius 1 is 1.20 bits per heavy atom. The molecular weight excluding hydrogens is 376 g/mol. The molecule has 0 unspecified atom stereocenters. The zero-order valence-electron chi connectivity index (χ0n) is 18.0. The normalized spacial score (nSPS) is 14.2. The number of ether oxygens (including phenoxy) is 1. The predicted molar refractivity (Wildman–Crippen MR) is 122 cm³/mol. The van der Waals surface area contributed by atoms with Crippen LogP contribution in [0.5, 0.6) is 5.75 Å². The number of methoxy groups -OCH3 is 1. The highest BCUT2D eigenvalue weighted by Crippen LogP contribution is 2.35. The molecule has 158 valence electrons. The lowest BCUT2D eigenvalue weighted by atomic mass is 10.1. The molecular formula is C24H30N4O2. The second-order valence-electron chi connectivity index (χ2n) is 7.82. The van der Waals surface area contributed by atoms with E-state index in [2.05, 4.69) is 35.1 Å². The first kappa shape index (κ1) is 20.3. The molecule has 0 bridgehead atoms. The van der Waals surface area contributed by atoms with Crippen molar-refractivity contribution in [1.82, 2.24) is 9.97 Å². The summed E-state index contributed by atoms with van der Waals surface area (Å²) in [6, 6.07) is 11.9. The molecule has 6 nitrogen and oxygen atoms in total. The first-order valence-corrected chi connectivity index (χ1v) is 10.9. The largest absolute Gasteiger partial charge is 0.496 e. The highest BCUT2D eigenvalue weighted by molar-refractivity contribution is 6.00. The van der Waals surface area contributed by atoms with Gasteiger partial charge in [-0.15, -0.1) is 0 Å². The number of nitrogens with one attached hydrogen (secondary N) is 2. The first-order valence-electron chi connectivity index (χ1n) is 10.9. The third kappa shape index (κ3) is 3.86. The van der Waals surface area contributed by atoms with Crippen molar-refractivity contribution in [2.24, 2.45) is 5.92 Å². The monoisotopic (exact) mass is 406 g/mol. The van der Waals surface area contributed by atoms with Crippen molar-refractivity contribution in [2.75, 3.05) is 30.4 Å². The van der Waals surface area contributed by atoms with Gasteiger partial charge in [-0.25, -0.2) is 4.98 Å². The maximum atomic E-state index is 12.8. The Bertz CT molecular complexity index is 1030. The van der Waals surface area contributed by atoms with Crippen molar-refractivity contribution in [3.05, 3.63) is 36.4 Å². The molecule has 6 heteroatoms. The van der Waals surface area contributed by atoms with Crippen LogP contribution in [0.15, 0.2) is 36.4 Å². The molecule has 2 aromatic carbocycles. The summed E-state index contributed by atoms with van der Waals surface area (Å²) in [6.45, 7) is 5.98. The van der Waals surface area contributed by atoms with Crippen LogP contribution in [0.4, 0.5) is 11.4 Å². The molecule has 2 N–H and O–H groups in total. The zero-order valence-corrected chi connectivity index (χ0v) is 18.0. The summed E-state index contributed by atoms with van der Waals surface area (Å²) in [4.78, 5) is 23.3. The van der Waals surface area contributed by atoms with E-state index in [-0.39, 0.29) is 11.8 Å². The number of aromatic nitrogens is 2. The summed E-state index contributed by atoms with van der Waals surface area (Å²) in [5.41, 5.74) is 4.54. The number of carbonyl (C=O) groups is 1. The molecule has 1 aromatic heterocycles. The number of hydrogen-bond acceptors (Lipinski definition) is 4. The number of rotatable bonds is 7. The predicted octanol–water partition coefficient (Wildman–Crippen LogP) is 5.21. The van der Waals surface area contributed by atoms with Crippen molar-refractivity contribution in [3.63, 3.8) is 0 Å². The minimum absolute atomic E-state index is 0.119. The van der Waals surface area contributed by atoms with Gasteiger partial charge >= 0.3 is 0 Å². The van der Waals surface area contributed by atoms with E-state index in [4.69, 9.17) is 9.72 Å². The summed E-state index contributed by atoms with van der Waals surface area (Å²) >= 11 is 0. The molecule has 1 aliphatic carbocycles. The molecule has 4 rings (SSSR count). The van der Waals surface area contributed by atoms with E-state index in [1.165, 1.54) is 0 Å². The van der Waals surface area contributed by atoms with Crippen LogP contribution < -0.4 is 15.0 Å².